The van der Waals surface area contributed by atoms with Crippen molar-refractivity contribution in [3.63, 3.8) is 0 Å². The number of oxazole rings is 1. The number of nitrogens with zero attached hydrogens (tertiary/aromatic N) is 1. The standard InChI is InChI=1S/C11H13F2N3O4S.ClH/c1-16-8-3-2-7(4-9(8)20-10(16)17)21(18,19)15-6-11(12,13)5-14;/h2-4,15H,5-6,14H2,1H3;1H. The van der Waals surface area contributed by atoms with Gasteiger partial charge in [-0.3, -0.25) is 4.57 Å². The van der Waals surface area contributed by atoms with Crippen LogP contribution in [0.5, 0.6) is 0 Å². The van der Waals surface area contributed by atoms with Gasteiger partial charge >= 0.3 is 5.76 Å². The van der Waals surface area contributed by atoms with E-state index in [9.17, 15) is 22.0 Å². The normalized spacial score (nSPS) is 12.4. The van der Waals surface area contributed by atoms with E-state index in [1.165, 1.54) is 23.7 Å². The Kier molecular flexibility index (Phi) is 5.34. The molecule has 0 spiro atoms. The number of hydrogen-bond donors (Lipinski definition) is 2. The van der Waals surface area contributed by atoms with Gasteiger partial charge in [0.2, 0.25) is 10.0 Å². The Morgan fingerprint density at radius 2 is 2.05 bits per heavy atom. The summed E-state index contributed by atoms with van der Waals surface area (Å²) in [5.74, 6) is -3.99. The van der Waals surface area contributed by atoms with Crippen molar-refractivity contribution in [2.24, 2.45) is 12.8 Å². The summed E-state index contributed by atoms with van der Waals surface area (Å²) < 4.78 is 57.6. The van der Waals surface area contributed by atoms with E-state index >= 15 is 0 Å². The molecule has 0 fully saturated rings. The van der Waals surface area contributed by atoms with Crippen LogP contribution >= 0.6 is 12.4 Å². The van der Waals surface area contributed by atoms with Gasteiger partial charge in [-0.1, -0.05) is 0 Å². The lowest BCUT2D eigenvalue weighted by Crippen LogP contribution is -2.41. The van der Waals surface area contributed by atoms with Crippen molar-refractivity contribution in [2.45, 2.75) is 10.8 Å². The van der Waals surface area contributed by atoms with Crippen LogP contribution in [0, 0.1) is 0 Å². The second kappa shape index (κ2) is 6.32. The largest absolute Gasteiger partial charge is 0.419 e. The maximum Gasteiger partial charge on any atom is 0.419 e. The van der Waals surface area contributed by atoms with E-state index in [0.29, 0.717) is 5.52 Å². The first-order chi connectivity index (χ1) is 9.66. The van der Waals surface area contributed by atoms with Crippen LogP contribution in [0.1, 0.15) is 0 Å². The molecule has 1 aromatic heterocycles. The molecule has 0 aliphatic heterocycles. The van der Waals surface area contributed by atoms with E-state index in [4.69, 9.17) is 10.2 Å². The molecule has 22 heavy (non-hydrogen) atoms. The fourth-order valence-corrected chi connectivity index (χ4v) is 2.71. The lowest BCUT2D eigenvalue weighted by Gasteiger charge is -2.14. The average molecular weight is 358 g/mol. The molecule has 0 saturated carbocycles. The minimum absolute atomic E-state index is 0. The van der Waals surface area contributed by atoms with Crippen molar-refractivity contribution in [2.75, 3.05) is 13.1 Å². The third kappa shape index (κ3) is 3.64. The zero-order valence-corrected chi connectivity index (χ0v) is 13.0. The Hall–Kier alpha value is -1.49. The molecule has 11 heteroatoms. The van der Waals surface area contributed by atoms with Crippen LogP contribution in [-0.4, -0.2) is 32.0 Å². The number of hydrogen-bond acceptors (Lipinski definition) is 5. The quantitative estimate of drug-likeness (QED) is 0.806. The third-order valence-electron chi connectivity index (χ3n) is 2.89. The van der Waals surface area contributed by atoms with Crippen molar-refractivity contribution in [1.82, 2.24) is 9.29 Å². The highest BCUT2D eigenvalue weighted by atomic mass is 35.5. The number of nitrogens with two attached hydrogens (primary N) is 1. The summed E-state index contributed by atoms with van der Waals surface area (Å²) >= 11 is 0. The fraction of sp³-hybridized carbons (Fsp3) is 0.364. The fourth-order valence-electron chi connectivity index (χ4n) is 1.64. The number of halogens is 3. The number of sulfonamides is 1. The zero-order chi connectivity index (χ0) is 15.8. The number of rotatable bonds is 5. The second-order valence-electron chi connectivity index (χ2n) is 4.44. The van der Waals surface area contributed by atoms with E-state index in [1.54, 1.807) is 4.72 Å². The number of fused-ring (bicyclic) bond motifs is 1. The number of aryl methyl sites for hydroxylation is 1. The van der Waals surface area contributed by atoms with Gasteiger partial charge in [0.1, 0.15) is 0 Å². The summed E-state index contributed by atoms with van der Waals surface area (Å²) in [6.45, 7) is -2.08. The van der Waals surface area contributed by atoms with Gasteiger partial charge in [-0.2, -0.15) is 0 Å². The minimum Gasteiger partial charge on any atom is -0.408 e. The van der Waals surface area contributed by atoms with Crippen molar-refractivity contribution in [3.05, 3.63) is 28.7 Å². The second-order valence-corrected chi connectivity index (χ2v) is 6.21. The van der Waals surface area contributed by atoms with Gasteiger partial charge in [0.15, 0.2) is 5.58 Å². The number of nitrogens with one attached hydrogen (secondary N) is 1. The summed E-state index contributed by atoms with van der Waals surface area (Å²) in [6, 6.07) is 3.65. The first-order valence-electron chi connectivity index (χ1n) is 5.83. The third-order valence-corrected chi connectivity index (χ3v) is 4.29. The lowest BCUT2D eigenvalue weighted by atomic mass is 10.3. The maximum absolute atomic E-state index is 13.0. The molecule has 1 heterocycles. The SMILES string of the molecule is Cl.Cn1c(=O)oc2cc(S(=O)(=O)NCC(F)(F)CN)ccc21. The van der Waals surface area contributed by atoms with E-state index in [0.717, 1.165) is 6.07 Å². The summed E-state index contributed by atoms with van der Waals surface area (Å²) in [6.07, 6.45) is 0. The molecule has 0 radical (unpaired) electrons. The Labute approximate surface area is 130 Å². The molecule has 0 atom stereocenters. The average Bonchev–Trinajstić information content (AvgIpc) is 2.72. The lowest BCUT2D eigenvalue weighted by molar-refractivity contribution is 0.0170. The maximum atomic E-state index is 13.0. The first kappa shape index (κ1) is 18.6. The molecular formula is C11H14ClF2N3O4S. The molecule has 3 N–H and O–H groups in total. The Morgan fingerprint density at radius 1 is 1.41 bits per heavy atom. The molecule has 1 aromatic carbocycles. The van der Waals surface area contributed by atoms with Gasteiger partial charge in [0.25, 0.3) is 5.92 Å². The van der Waals surface area contributed by atoms with Crippen molar-refractivity contribution in [3.8, 4) is 0 Å². The topological polar surface area (TPSA) is 107 Å². The van der Waals surface area contributed by atoms with Gasteiger partial charge in [0, 0.05) is 13.1 Å². The first-order valence-corrected chi connectivity index (χ1v) is 7.32. The molecule has 2 rings (SSSR count). The predicted octanol–water partition coefficient (Wildman–Crippen LogP) is 0.426. The van der Waals surface area contributed by atoms with Crippen LogP contribution in [0.25, 0.3) is 11.1 Å². The van der Waals surface area contributed by atoms with Crippen molar-refractivity contribution in [1.29, 1.82) is 0 Å². The van der Waals surface area contributed by atoms with Crippen LogP contribution < -0.4 is 16.2 Å². The van der Waals surface area contributed by atoms with E-state index in [-0.39, 0.29) is 22.9 Å². The van der Waals surface area contributed by atoms with E-state index in [2.05, 4.69) is 0 Å². The van der Waals surface area contributed by atoms with Crippen molar-refractivity contribution < 1.29 is 21.6 Å². The summed E-state index contributed by atoms with van der Waals surface area (Å²) in [5, 5.41) is 0. The molecule has 124 valence electrons. The summed E-state index contributed by atoms with van der Waals surface area (Å²) in [4.78, 5) is 11.0. The van der Waals surface area contributed by atoms with Gasteiger partial charge in [0.05, 0.1) is 23.5 Å². The Balaban J connectivity index is 0.00000242. The predicted molar refractivity (Wildman–Crippen MR) is 77.9 cm³/mol. The molecule has 0 unspecified atom stereocenters. The van der Waals surface area contributed by atoms with Crippen LogP contribution in [0.4, 0.5) is 8.78 Å². The van der Waals surface area contributed by atoms with Crippen LogP contribution in [-0.2, 0) is 17.1 Å². The highest BCUT2D eigenvalue weighted by molar-refractivity contribution is 7.89. The van der Waals surface area contributed by atoms with E-state index < -0.39 is 34.8 Å². The molecule has 7 nitrogen and oxygen atoms in total. The molecule has 0 saturated heterocycles. The minimum atomic E-state index is -4.16. The molecule has 2 aromatic rings. The Morgan fingerprint density at radius 3 is 2.64 bits per heavy atom. The molecule has 0 aliphatic carbocycles. The summed E-state index contributed by atoms with van der Waals surface area (Å²) in [7, 11) is -2.69. The zero-order valence-electron chi connectivity index (χ0n) is 11.4. The number of alkyl halides is 2. The van der Waals surface area contributed by atoms with E-state index in [1.807, 2.05) is 0 Å². The van der Waals surface area contributed by atoms with Gasteiger partial charge in [-0.25, -0.2) is 26.7 Å². The monoisotopic (exact) mass is 357 g/mol. The highest BCUT2D eigenvalue weighted by Gasteiger charge is 2.29. The molecule has 0 bridgehead atoms. The van der Waals surface area contributed by atoms with Crippen LogP contribution in [0.2, 0.25) is 0 Å². The van der Waals surface area contributed by atoms with Gasteiger partial charge < -0.3 is 10.2 Å². The van der Waals surface area contributed by atoms with Gasteiger partial charge in [-0.05, 0) is 12.1 Å². The smallest absolute Gasteiger partial charge is 0.408 e. The van der Waals surface area contributed by atoms with Crippen molar-refractivity contribution >= 4 is 33.5 Å². The highest BCUT2D eigenvalue weighted by Crippen LogP contribution is 2.18. The summed E-state index contributed by atoms with van der Waals surface area (Å²) in [5.41, 5.74) is 5.28. The number of benzene rings is 1. The van der Waals surface area contributed by atoms with Crippen LogP contribution in [0.3, 0.4) is 0 Å². The molecular weight excluding hydrogens is 344 g/mol. The molecule has 0 amide bonds. The molecule has 0 aliphatic rings. The number of aromatic nitrogens is 1. The van der Waals surface area contributed by atoms with Gasteiger partial charge in [-0.15, -0.1) is 12.4 Å². The van der Waals surface area contributed by atoms with Crippen LogP contribution in [0.15, 0.2) is 32.3 Å². The Bertz CT molecular complexity index is 831.